The normalized spacial score (nSPS) is 8.62. The van der Waals surface area contributed by atoms with Gasteiger partial charge in [0.25, 0.3) is 0 Å². The lowest BCUT2D eigenvalue weighted by Gasteiger charge is -1.91. The molecule has 0 saturated carbocycles. The lowest BCUT2D eigenvalue weighted by molar-refractivity contribution is 1.68. The molecule has 0 unspecified atom stereocenters. The molecule has 41 valence electrons. The third-order valence-electron chi connectivity index (χ3n) is 0.827. The zero-order valence-electron chi connectivity index (χ0n) is 4.19. The topological polar surface area (TPSA) is 12.0 Å². The summed E-state index contributed by atoms with van der Waals surface area (Å²) in [5.74, 6) is 0. The Labute approximate surface area is 57.1 Å². The quantitative estimate of drug-likeness (QED) is 0.638. The Morgan fingerprint density at radius 2 is 2.00 bits per heavy atom. The predicted molar refractivity (Wildman–Crippen MR) is 37.8 cm³/mol. The monoisotopic (exact) mass is 170 g/mol. The van der Waals surface area contributed by atoms with Gasteiger partial charge in [-0.3, -0.25) is 0 Å². The maximum Gasteiger partial charge on any atom is 0.0465 e. The maximum absolute atomic E-state index is 3.09. The first-order valence-corrected chi connectivity index (χ1v) is 3.05. The van der Waals surface area contributed by atoms with Crippen LogP contribution in [-0.2, 0) is 0 Å². The van der Waals surface area contributed by atoms with E-state index in [2.05, 4.69) is 26.6 Å². The number of anilines is 1. The van der Waals surface area contributed by atoms with Crippen LogP contribution in [0.2, 0.25) is 0 Å². The van der Waals surface area contributed by atoms with Crippen molar-refractivity contribution in [1.29, 1.82) is 0 Å². The molecule has 0 amide bonds. The first kappa shape index (κ1) is 5.63. The Kier molecular flexibility index (Phi) is 1.92. The maximum atomic E-state index is 3.09. The molecule has 2 heteroatoms. The lowest BCUT2D eigenvalue weighted by atomic mass is 10.3. The highest BCUT2D eigenvalue weighted by molar-refractivity contribution is 9.10. The molecule has 0 saturated heterocycles. The summed E-state index contributed by atoms with van der Waals surface area (Å²) < 4.78 is 2.82. The number of hydrogen-bond donors (Lipinski definition) is 1. The van der Waals surface area contributed by atoms with Crippen LogP contribution in [0, 0.1) is 6.07 Å². The van der Waals surface area contributed by atoms with E-state index in [4.69, 9.17) is 0 Å². The first-order valence-electron chi connectivity index (χ1n) is 2.26. The number of benzene rings is 1. The van der Waals surface area contributed by atoms with Gasteiger partial charge in [0.1, 0.15) is 0 Å². The highest BCUT2D eigenvalue weighted by Gasteiger charge is 1.79. The predicted octanol–water partition coefficient (Wildman–Crippen LogP) is 2.21. The van der Waals surface area contributed by atoms with Gasteiger partial charge in [0.15, 0.2) is 0 Å². The zero-order chi connectivity index (χ0) is 5.82. The summed E-state index contributed by atoms with van der Waals surface area (Å²) in [4.78, 5) is 0. The van der Waals surface area contributed by atoms with Crippen molar-refractivity contribution in [3.63, 3.8) is 0 Å². The number of nitrogens with one attached hydrogen (secondary N) is 1. The smallest absolute Gasteiger partial charge is 0.0465 e. The average molecular weight is 171 g/mol. The van der Waals surface area contributed by atoms with Crippen molar-refractivity contribution in [3.05, 3.63) is 30.3 Å². The minimum absolute atomic E-state index is 1.05. The van der Waals surface area contributed by atoms with Crippen molar-refractivity contribution < 1.29 is 0 Å². The van der Waals surface area contributed by atoms with Gasteiger partial charge in [0.2, 0.25) is 0 Å². The summed E-state index contributed by atoms with van der Waals surface area (Å²) in [6.45, 7) is 0. The van der Waals surface area contributed by atoms with Crippen LogP contribution in [0.15, 0.2) is 24.3 Å². The minimum Gasteiger partial charge on any atom is -0.322 e. The van der Waals surface area contributed by atoms with Crippen molar-refractivity contribution in [3.8, 4) is 0 Å². The van der Waals surface area contributed by atoms with Crippen LogP contribution in [0.3, 0.4) is 0 Å². The standard InChI is InChI=1S/C6H5BrN/c7-8-6-4-2-1-3-5-6/h2-5,8H. The molecular formula is C6H5BrN. The van der Waals surface area contributed by atoms with E-state index in [1.165, 1.54) is 0 Å². The van der Waals surface area contributed by atoms with Gasteiger partial charge in [-0.25, -0.2) is 0 Å². The molecule has 1 aromatic carbocycles. The van der Waals surface area contributed by atoms with Gasteiger partial charge in [-0.15, -0.1) is 0 Å². The van der Waals surface area contributed by atoms with Gasteiger partial charge < -0.3 is 4.34 Å². The van der Waals surface area contributed by atoms with E-state index in [-0.39, 0.29) is 0 Å². The molecule has 0 atom stereocenters. The van der Waals surface area contributed by atoms with E-state index in [1.807, 2.05) is 24.3 Å². The van der Waals surface area contributed by atoms with Gasteiger partial charge >= 0.3 is 0 Å². The summed E-state index contributed by atoms with van der Waals surface area (Å²) in [6.07, 6.45) is 0. The minimum atomic E-state index is 1.05. The molecule has 0 bridgehead atoms. The number of rotatable bonds is 1. The SMILES string of the molecule is BrNc1cc[c]cc1. The van der Waals surface area contributed by atoms with Crippen molar-refractivity contribution >= 4 is 21.8 Å². The molecule has 8 heavy (non-hydrogen) atoms. The molecular weight excluding hydrogens is 166 g/mol. The largest absolute Gasteiger partial charge is 0.322 e. The van der Waals surface area contributed by atoms with E-state index >= 15 is 0 Å². The molecule has 0 heterocycles. The van der Waals surface area contributed by atoms with E-state index in [9.17, 15) is 0 Å². The van der Waals surface area contributed by atoms with Crippen molar-refractivity contribution in [2.45, 2.75) is 0 Å². The third kappa shape index (κ3) is 1.23. The van der Waals surface area contributed by atoms with E-state index in [0.29, 0.717) is 0 Å². The fraction of sp³-hybridized carbons (Fsp3) is 0. The Bertz CT molecular complexity index is 150. The number of halogens is 1. The molecule has 0 aromatic heterocycles. The Morgan fingerprint density at radius 3 is 2.38 bits per heavy atom. The summed E-state index contributed by atoms with van der Waals surface area (Å²) in [6, 6.07) is 10.5. The second-order valence-electron chi connectivity index (χ2n) is 1.38. The molecule has 0 aliphatic carbocycles. The van der Waals surface area contributed by atoms with Crippen molar-refractivity contribution in [1.82, 2.24) is 0 Å². The summed E-state index contributed by atoms with van der Waals surface area (Å²) in [5, 5.41) is 0. The molecule has 1 radical (unpaired) electrons. The van der Waals surface area contributed by atoms with Crippen LogP contribution >= 0.6 is 16.1 Å². The van der Waals surface area contributed by atoms with E-state index in [0.717, 1.165) is 5.69 Å². The van der Waals surface area contributed by atoms with Crippen LogP contribution in [0.1, 0.15) is 0 Å². The van der Waals surface area contributed by atoms with Gasteiger partial charge in [0.05, 0.1) is 0 Å². The van der Waals surface area contributed by atoms with Crippen LogP contribution in [0.4, 0.5) is 5.69 Å². The molecule has 0 aliphatic heterocycles. The van der Waals surface area contributed by atoms with Crippen LogP contribution in [0.5, 0.6) is 0 Å². The molecule has 1 aromatic rings. The lowest BCUT2D eigenvalue weighted by Crippen LogP contribution is -1.74. The Balaban J connectivity index is 2.83. The molecule has 0 fully saturated rings. The van der Waals surface area contributed by atoms with Crippen LogP contribution < -0.4 is 4.34 Å². The highest BCUT2D eigenvalue weighted by Crippen LogP contribution is 2.05. The Morgan fingerprint density at radius 1 is 1.38 bits per heavy atom. The van der Waals surface area contributed by atoms with Crippen LogP contribution in [-0.4, -0.2) is 0 Å². The van der Waals surface area contributed by atoms with E-state index < -0.39 is 0 Å². The summed E-state index contributed by atoms with van der Waals surface area (Å²) >= 11 is 3.09. The Hall–Kier alpha value is -0.500. The summed E-state index contributed by atoms with van der Waals surface area (Å²) in [5.41, 5.74) is 1.05. The fourth-order valence-corrected chi connectivity index (χ4v) is 0.714. The first-order chi connectivity index (χ1) is 3.93. The van der Waals surface area contributed by atoms with E-state index in [1.54, 1.807) is 0 Å². The van der Waals surface area contributed by atoms with Crippen LogP contribution in [0.25, 0.3) is 0 Å². The molecule has 0 spiro atoms. The second-order valence-corrected chi connectivity index (χ2v) is 1.78. The van der Waals surface area contributed by atoms with Crippen molar-refractivity contribution in [2.75, 3.05) is 4.34 Å². The van der Waals surface area contributed by atoms with Crippen molar-refractivity contribution in [2.24, 2.45) is 0 Å². The van der Waals surface area contributed by atoms with Gasteiger partial charge in [0, 0.05) is 21.8 Å². The molecule has 0 aliphatic rings. The average Bonchev–Trinajstić information content (AvgIpc) is 1.90. The second kappa shape index (κ2) is 2.72. The molecule has 1 nitrogen and oxygen atoms in total. The molecule has 1 N–H and O–H groups in total. The van der Waals surface area contributed by atoms with Gasteiger partial charge in [-0.2, -0.15) is 0 Å². The van der Waals surface area contributed by atoms with Gasteiger partial charge in [-0.1, -0.05) is 12.1 Å². The molecule has 1 rings (SSSR count). The summed E-state index contributed by atoms with van der Waals surface area (Å²) in [7, 11) is 0. The zero-order valence-corrected chi connectivity index (χ0v) is 5.77. The number of hydrogen-bond acceptors (Lipinski definition) is 1. The van der Waals surface area contributed by atoms with Gasteiger partial charge in [-0.05, 0) is 18.2 Å². The third-order valence-corrected chi connectivity index (χ3v) is 1.29. The fourth-order valence-electron chi connectivity index (χ4n) is 0.450. The highest BCUT2D eigenvalue weighted by atomic mass is 79.9.